The molecule has 0 saturated carbocycles. The van der Waals surface area contributed by atoms with E-state index in [1.54, 1.807) is 0 Å². The molecule has 1 aliphatic rings. The maximum atomic E-state index is 5.89. The molecule has 0 radical (unpaired) electrons. The van der Waals surface area contributed by atoms with Gasteiger partial charge in [0.1, 0.15) is 0 Å². The SMILES string of the molecule is CCC(CC)O[SiH2]CCCN1C=NCC1. The van der Waals surface area contributed by atoms with Crippen LogP contribution in [0.3, 0.4) is 0 Å². The molecule has 0 N–H and O–H groups in total. The Bertz CT molecular complexity index is 183. The van der Waals surface area contributed by atoms with E-state index in [0.29, 0.717) is 6.10 Å². The van der Waals surface area contributed by atoms with Crippen LogP contribution in [0.5, 0.6) is 0 Å². The van der Waals surface area contributed by atoms with Crippen LogP contribution in [0, 0.1) is 0 Å². The van der Waals surface area contributed by atoms with Gasteiger partial charge < -0.3 is 9.33 Å². The zero-order chi connectivity index (χ0) is 10.9. The van der Waals surface area contributed by atoms with Gasteiger partial charge in [-0.1, -0.05) is 13.8 Å². The van der Waals surface area contributed by atoms with Crippen LogP contribution in [0.4, 0.5) is 0 Å². The highest BCUT2D eigenvalue weighted by atomic mass is 28.2. The lowest BCUT2D eigenvalue weighted by molar-refractivity contribution is 0.202. The molecule has 0 unspecified atom stereocenters. The molecule has 0 fully saturated rings. The first-order valence-corrected chi connectivity index (χ1v) is 7.80. The molecule has 0 spiro atoms. The zero-order valence-electron chi connectivity index (χ0n) is 10.1. The number of hydrogen-bond donors (Lipinski definition) is 0. The van der Waals surface area contributed by atoms with Crippen molar-refractivity contribution in [1.82, 2.24) is 4.90 Å². The topological polar surface area (TPSA) is 24.8 Å². The third kappa shape index (κ3) is 5.32. The minimum atomic E-state index is -0.267. The van der Waals surface area contributed by atoms with Gasteiger partial charge in [0.05, 0.1) is 12.9 Å². The summed E-state index contributed by atoms with van der Waals surface area (Å²) in [6.45, 7) is 7.70. The first-order chi connectivity index (χ1) is 7.36. The van der Waals surface area contributed by atoms with Gasteiger partial charge in [-0.25, -0.2) is 0 Å². The van der Waals surface area contributed by atoms with Gasteiger partial charge in [0.2, 0.25) is 0 Å². The Balaban J connectivity index is 1.90. The molecule has 0 aromatic rings. The van der Waals surface area contributed by atoms with Gasteiger partial charge in [0, 0.05) is 19.2 Å². The number of rotatable bonds is 8. The molecule has 0 bridgehead atoms. The van der Waals surface area contributed by atoms with Gasteiger partial charge in [-0.3, -0.25) is 4.99 Å². The van der Waals surface area contributed by atoms with Crippen molar-refractivity contribution in [3.63, 3.8) is 0 Å². The highest BCUT2D eigenvalue weighted by Crippen LogP contribution is 2.04. The van der Waals surface area contributed by atoms with Crippen molar-refractivity contribution in [2.45, 2.75) is 45.3 Å². The third-order valence-corrected chi connectivity index (χ3v) is 4.36. The van der Waals surface area contributed by atoms with Crippen LogP contribution in [0.15, 0.2) is 4.99 Å². The Labute approximate surface area is 95.8 Å². The lowest BCUT2D eigenvalue weighted by atomic mass is 10.2. The third-order valence-electron chi connectivity index (χ3n) is 2.87. The number of hydrogen-bond acceptors (Lipinski definition) is 3. The predicted molar refractivity (Wildman–Crippen MR) is 68.4 cm³/mol. The van der Waals surface area contributed by atoms with E-state index in [1.165, 1.54) is 31.9 Å². The van der Waals surface area contributed by atoms with Crippen LogP contribution >= 0.6 is 0 Å². The molecule has 15 heavy (non-hydrogen) atoms. The standard InChI is InChI=1S/C11H24N2OSi/c1-3-11(4-2)14-15-9-5-7-13-8-6-12-10-13/h10-11H,3-9,15H2,1-2H3. The van der Waals surface area contributed by atoms with Crippen molar-refractivity contribution >= 4 is 16.1 Å². The van der Waals surface area contributed by atoms with Gasteiger partial charge in [-0.05, 0) is 25.3 Å². The molecule has 3 nitrogen and oxygen atoms in total. The molecule has 1 aliphatic heterocycles. The van der Waals surface area contributed by atoms with Crippen LogP contribution in [-0.2, 0) is 4.43 Å². The molecule has 0 atom stereocenters. The Kier molecular flexibility index (Phi) is 6.68. The van der Waals surface area contributed by atoms with Gasteiger partial charge in [0.15, 0.2) is 9.76 Å². The van der Waals surface area contributed by atoms with Crippen LogP contribution in [0.25, 0.3) is 0 Å². The molecule has 88 valence electrons. The minimum absolute atomic E-state index is 0.267. The fourth-order valence-electron chi connectivity index (χ4n) is 1.78. The van der Waals surface area contributed by atoms with Gasteiger partial charge in [0.25, 0.3) is 0 Å². The molecule has 0 aromatic heterocycles. The summed E-state index contributed by atoms with van der Waals surface area (Å²) in [5.74, 6) is 0. The Morgan fingerprint density at radius 1 is 1.47 bits per heavy atom. The summed E-state index contributed by atoms with van der Waals surface area (Å²) in [7, 11) is -0.267. The van der Waals surface area contributed by atoms with Gasteiger partial charge in [-0.15, -0.1) is 0 Å². The Hall–Kier alpha value is -0.353. The van der Waals surface area contributed by atoms with Crippen molar-refractivity contribution in [2.24, 2.45) is 4.99 Å². The molecule has 1 heterocycles. The van der Waals surface area contributed by atoms with Gasteiger partial charge in [-0.2, -0.15) is 0 Å². The second-order valence-corrected chi connectivity index (χ2v) is 5.52. The lowest BCUT2D eigenvalue weighted by Gasteiger charge is -2.15. The fraction of sp³-hybridized carbons (Fsp3) is 0.909. The molecule has 1 rings (SSSR count). The summed E-state index contributed by atoms with van der Waals surface area (Å²) in [6.07, 6.45) is 6.14. The van der Waals surface area contributed by atoms with E-state index in [9.17, 15) is 0 Å². The van der Waals surface area contributed by atoms with E-state index in [-0.39, 0.29) is 9.76 Å². The maximum Gasteiger partial charge on any atom is 0.162 e. The monoisotopic (exact) mass is 228 g/mol. The van der Waals surface area contributed by atoms with Crippen molar-refractivity contribution in [1.29, 1.82) is 0 Å². The molecule has 0 saturated heterocycles. The summed E-state index contributed by atoms with van der Waals surface area (Å²) >= 11 is 0. The van der Waals surface area contributed by atoms with E-state index in [1.807, 2.05) is 6.34 Å². The summed E-state index contributed by atoms with van der Waals surface area (Å²) in [4.78, 5) is 6.51. The number of aliphatic imine (C=N–C) groups is 1. The largest absolute Gasteiger partial charge is 0.421 e. The van der Waals surface area contributed by atoms with Crippen LogP contribution < -0.4 is 0 Å². The van der Waals surface area contributed by atoms with Crippen molar-refractivity contribution in [2.75, 3.05) is 19.6 Å². The summed E-state index contributed by atoms with van der Waals surface area (Å²) in [5.41, 5.74) is 0. The first kappa shape index (κ1) is 12.7. The second kappa shape index (κ2) is 7.88. The van der Waals surface area contributed by atoms with Crippen LogP contribution in [0.2, 0.25) is 6.04 Å². The molecule has 0 amide bonds. The smallest absolute Gasteiger partial charge is 0.162 e. The van der Waals surface area contributed by atoms with Crippen molar-refractivity contribution in [3.05, 3.63) is 0 Å². The normalized spacial score (nSPS) is 16.3. The summed E-state index contributed by atoms with van der Waals surface area (Å²) in [6, 6.07) is 1.31. The zero-order valence-corrected chi connectivity index (χ0v) is 11.5. The quantitative estimate of drug-likeness (QED) is 0.464. The Morgan fingerprint density at radius 2 is 2.27 bits per heavy atom. The molecule has 4 heteroatoms. The molecule has 0 aromatic carbocycles. The molecular formula is C11H24N2OSi. The van der Waals surface area contributed by atoms with E-state index in [4.69, 9.17) is 4.43 Å². The van der Waals surface area contributed by atoms with E-state index in [0.717, 1.165) is 13.1 Å². The summed E-state index contributed by atoms with van der Waals surface area (Å²) in [5, 5.41) is 0. The minimum Gasteiger partial charge on any atom is -0.421 e. The average molecular weight is 228 g/mol. The van der Waals surface area contributed by atoms with E-state index < -0.39 is 0 Å². The average Bonchev–Trinajstić information content (AvgIpc) is 2.76. The summed E-state index contributed by atoms with van der Waals surface area (Å²) < 4.78 is 5.89. The fourth-order valence-corrected chi connectivity index (χ4v) is 3.18. The lowest BCUT2D eigenvalue weighted by Crippen LogP contribution is -2.21. The predicted octanol–water partition coefficient (Wildman–Crippen LogP) is 1.43. The van der Waals surface area contributed by atoms with E-state index >= 15 is 0 Å². The van der Waals surface area contributed by atoms with Gasteiger partial charge >= 0.3 is 0 Å². The Morgan fingerprint density at radius 3 is 2.87 bits per heavy atom. The van der Waals surface area contributed by atoms with Crippen molar-refractivity contribution in [3.8, 4) is 0 Å². The van der Waals surface area contributed by atoms with Crippen molar-refractivity contribution < 1.29 is 4.43 Å². The molecular weight excluding hydrogens is 204 g/mol. The molecule has 0 aliphatic carbocycles. The van der Waals surface area contributed by atoms with E-state index in [2.05, 4.69) is 23.7 Å². The first-order valence-electron chi connectivity index (χ1n) is 6.22. The van der Waals surface area contributed by atoms with Crippen LogP contribution in [-0.4, -0.2) is 46.7 Å². The highest BCUT2D eigenvalue weighted by molar-refractivity contribution is 6.27. The second-order valence-electron chi connectivity index (χ2n) is 4.07. The van der Waals surface area contributed by atoms with Crippen LogP contribution in [0.1, 0.15) is 33.1 Å². The number of nitrogens with zero attached hydrogens (tertiary/aromatic N) is 2. The highest BCUT2D eigenvalue weighted by Gasteiger charge is 2.05. The maximum absolute atomic E-state index is 5.89.